The summed E-state index contributed by atoms with van der Waals surface area (Å²) < 4.78 is 5.65. The maximum atomic E-state index is 12.8. The lowest BCUT2D eigenvalue weighted by atomic mass is 9.84. The number of rotatable bonds is 8. The van der Waals surface area contributed by atoms with Crippen LogP contribution >= 0.6 is 0 Å². The maximum absolute atomic E-state index is 12.8. The summed E-state index contributed by atoms with van der Waals surface area (Å²) in [4.78, 5) is 37.2. The SMILES string of the molecule is CCCC(C)(NC(=O)[C@@H]1CCC[C@@H](NC(=O)OCC2c3ccccc3-c3ccccc32)C1)C(=O)O. The highest BCUT2D eigenvalue weighted by atomic mass is 16.5. The van der Waals surface area contributed by atoms with E-state index in [1.807, 2.05) is 31.2 Å². The third-order valence-corrected chi connectivity index (χ3v) is 7.33. The molecule has 0 radical (unpaired) electrons. The summed E-state index contributed by atoms with van der Waals surface area (Å²) in [5.74, 6) is -1.64. The molecule has 2 aliphatic carbocycles. The van der Waals surface area contributed by atoms with Crippen molar-refractivity contribution in [1.82, 2.24) is 10.6 Å². The number of amides is 2. The van der Waals surface area contributed by atoms with Gasteiger partial charge < -0.3 is 20.5 Å². The molecule has 186 valence electrons. The Morgan fingerprint density at radius 2 is 1.66 bits per heavy atom. The van der Waals surface area contributed by atoms with Gasteiger partial charge in [-0.1, -0.05) is 68.3 Å². The van der Waals surface area contributed by atoms with Gasteiger partial charge in [-0.25, -0.2) is 9.59 Å². The van der Waals surface area contributed by atoms with Crippen LogP contribution in [0.1, 0.15) is 69.4 Å². The van der Waals surface area contributed by atoms with Crippen molar-refractivity contribution in [2.24, 2.45) is 5.92 Å². The molecular formula is C28H34N2O5. The van der Waals surface area contributed by atoms with Crippen molar-refractivity contribution >= 4 is 18.0 Å². The fourth-order valence-corrected chi connectivity index (χ4v) is 5.46. The van der Waals surface area contributed by atoms with Gasteiger partial charge in [-0.15, -0.1) is 0 Å². The van der Waals surface area contributed by atoms with Crippen LogP contribution in [0.4, 0.5) is 4.79 Å². The van der Waals surface area contributed by atoms with Gasteiger partial charge in [0, 0.05) is 17.9 Å². The quantitative estimate of drug-likeness (QED) is 0.503. The molecule has 0 bridgehead atoms. The number of alkyl carbamates (subject to hydrolysis) is 1. The van der Waals surface area contributed by atoms with E-state index in [9.17, 15) is 19.5 Å². The van der Waals surface area contributed by atoms with Crippen LogP contribution < -0.4 is 10.6 Å². The molecule has 2 aromatic rings. The lowest BCUT2D eigenvalue weighted by Gasteiger charge is -2.32. The van der Waals surface area contributed by atoms with E-state index in [0.29, 0.717) is 25.7 Å². The maximum Gasteiger partial charge on any atom is 0.407 e. The summed E-state index contributed by atoms with van der Waals surface area (Å²) in [6, 6.07) is 16.2. The number of benzene rings is 2. The van der Waals surface area contributed by atoms with Crippen molar-refractivity contribution in [1.29, 1.82) is 0 Å². The van der Waals surface area contributed by atoms with Crippen molar-refractivity contribution in [3.05, 3.63) is 59.7 Å². The second-order valence-corrected chi connectivity index (χ2v) is 9.91. The van der Waals surface area contributed by atoms with Gasteiger partial charge in [0.2, 0.25) is 5.91 Å². The number of fused-ring (bicyclic) bond motifs is 3. The lowest BCUT2D eigenvalue weighted by Crippen LogP contribution is -2.54. The number of carboxylic acids is 1. The van der Waals surface area contributed by atoms with Crippen molar-refractivity contribution in [2.45, 2.75) is 69.9 Å². The van der Waals surface area contributed by atoms with Crippen LogP contribution in [0.2, 0.25) is 0 Å². The number of hydrogen-bond donors (Lipinski definition) is 3. The molecule has 2 aromatic carbocycles. The predicted octanol–water partition coefficient (Wildman–Crippen LogP) is 4.84. The molecule has 0 saturated heterocycles. The highest BCUT2D eigenvalue weighted by Gasteiger charge is 2.37. The average molecular weight is 479 g/mol. The van der Waals surface area contributed by atoms with Crippen LogP contribution in [0.25, 0.3) is 11.1 Å². The number of hydrogen-bond acceptors (Lipinski definition) is 4. The van der Waals surface area contributed by atoms with E-state index < -0.39 is 17.6 Å². The Balaban J connectivity index is 1.33. The Hall–Kier alpha value is -3.35. The number of aliphatic carboxylic acids is 1. The number of carbonyl (C=O) groups excluding carboxylic acids is 2. The number of carboxylic acid groups (broad SMARTS) is 1. The molecule has 2 aliphatic rings. The van der Waals surface area contributed by atoms with Crippen LogP contribution in [0.5, 0.6) is 0 Å². The van der Waals surface area contributed by atoms with E-state index in [1.165, 1.54) is 11.1 Å². The molecule has 0 heterocycles. The molecule has 0 aromatic heterocycles. The molecule has 1 fully saturated rings. The zero-order valence-corrected chi connectivity index (χ0v) is 20.4. The minimum absolute atomic E-state index is 0.00899. The topological polar surface area (TPSA) is 105 Å². The fourth-order valence-electron chi connectivity index (χ4n) is 5.46. The first kappa shape index (κ1) is 24.8. The molecule has 0 spiro atoms. The van der Waals surface area contributed by atoms with Crippen molar-refractivity contribution in [3.8, 4) is 11.1 Å². The third-order valence-electron chi connectivity index (χ3n) is 7.33. The molecule has 35 heavy (non-hydrogen) atoms. The molecule has 3 N–H and O–H groups in total. The van der Waals surface area contributed by atoms with Gasteiger partial charge in [-0.2, -0.15) is 0 Å². The smallest absolute Gasteiger partial charge is 0.407 e. The van der Waals surface area contributed by atoms with E-state index in [4.69, 9.17) is 4.74 Å². The Morgan fingerprint density at radius 3 is 2.26 bits per heavy atom. The molecule has 0 aliphatic heterocycles. The summed E-state index contributed by atoms with van der Waals surface area (Å²) in [7, 11) is 0. The van der Waals surface area contributed by atoms with Crippen LogP contribution in [0, 0.1) is 5.92 Å². The monoisotopic (exact) mass is 478 g/mol. The van der Waals surface area contributed by atoms with Gasteiger partial charge in [0.05, 0.1) is 0 Å². The largest absolute Gasteiger partial charge is 0.480 e. The molecular weight excluding hydrogens is 444 g/mol. The third kappa shape index (κ3) is 5.34. The Bertz CT molecular complexity index is 1050. The van der Waals surface area contributed by atoms with Gasteiger partial charge >= 0.3 is 12.1 Å². The van der Waals surface area contributed by atoms with Crippen LogP contribution in [-0.4, -0.2) is 41.3 Å². The molecule has 1 saturated carbocycles. The first-order valence-electron chi connectivity index (χ1n) is 12.5. The summed E-state index contributed by atoms with van der Waals surface area (Å²) in [6.45, 7) is 3.68. The normalized spacial score (nSPS) is 20.7. The minimum atomic E-state index is -1.28. The Labute approximate surface area is 206 Å². The van der Waals surface area contributed by atoms with Gasteiger partial charge in [-0.3, -0.25) is 4.79 Å². The Kier molecular flexibility index (Phi) is 7.43. The van der Waals surface area contributed by atoms with E-state index in [2.05, 4.69) is 34.9 Å². The number of carbonyl (C=O) groups is 3. The summed E-state index contributed by atoms with van der Waals surface area (Å²) in [5.41, 5.74) is 3.39. The van der Waals surface area contributed by atoms with Crippen molar-refractivity contribution in [3.63, 3.8) is 0 Å². The molecule has 4 rings (SSSR count). The number of nitrogens with one attached hydrogen (secondary N) is 2. The average Bonchev–Trinajstić information content (AvgIpc) is 3.16. The molecule has 2 amide bonds. The van der Waals surface area contributed by atoms with Crippen LogP contribution in [-0.2, 0) is 14.3 Å². The Morgan fingerprint density at radius 1 is 1.03 bits per heavy atom. The predicted molar refractivity (Wildman–Crippen MR) is 133 cm³/mol. The summed E-state index contributed by atoms with van der Waals surface area (Å²) >= 11 is 0. The van der Waals surface area contributed by atoms with E-state index in [0.717, 1.165) is 24.0 Å². The highest BCUT2D eigenvalue weighted by Crippen LogP contribution is 2.44. The second kappa shape index (κ2) is 10.5. The van der Waals surface area contributed by atoms with E-state index in [1.54, 1.807) is 6.92 Å². The molecule has 3 atom stereocenters. The van der Waals surface area contributed by atoms with Crippen LogP contribution in [0.15, 0.2) is 48.5 Å². The highest BCUT2D eigenvalue weighted by molar-refractivity contribution is 5.88. The fraction of sp³-hybridized carbons (Fsp3) is 0.464. The van der Waals surface area contributed by atoms with Gasteiger partial charge in [0.15, 0.2) is 0 Å². The van der Waals surface area contributed by atoms with Gasteiger partial charge in [-0.05, 0) is 54.9 Å². The summed E-state index contributed by atoms with van der Waals surface area (Å²) in [5, 5.41) is 15.2. The van der Waals surface area contributed by atoms with Gasteiger partial charge in [0.1, 0.15) is 12.1 Å². The molecule has 7 nitrogen and oxygen atoms in total. The van der Waals surface area contributed by atoms with Gasteiger partial charge in [0.25, 0.3) is 0 Å². The second-order valence-electron chi connectivity index (χ2n) is 9.91. The molecule has 1 unspecified atom stereocenters. The van der Waals surface area contributed by atoms with Crippen molar-refractivity contribution in [2.75, 3.05) is 6.61 Å². The minimum Gasteiger partial charge on any atom is -0.480 e. The molecule has 7 heteroatoms. The van der Waals surface area contributed by atoms with Crippen molar-refractivity contribution < 1.29 is 24.2 Å². The standard InChI is InChI=1S/C28H34N2O5/c1-3-15-28(2,26(32)33)30-25(31)18-9-8-10-19(16-18)29-27(34)35-17-24-22-13-6-4-11-20(22)21-12-5-7-14-23(21)24/h4-7,11-14,18-19,24H,3,8-10,15-17H2,1-2H3,(H,29,34)(H,30,31)(H,32,33)/t18-,19-,28?/m1/s1. The zero-order chi connectivity index (χ0) is 25.0. The first-order valence-corrected chi connectivity index (χ1v) is 12.5. The lowest BCUT2D eigenvalue weighted by molar-refractivity contribution is -0.148. The summed E-state index contributed by atoms with van der Waals surface area (Å²) in [6.07, 6.45) is 3.22. The van der Waals surface area contributed by atoms with E-state index >= 15 is 0 Å². The number of ether oxygens (including phenoxy) is 1. The van der Waals surface area contributed by atoms with E-state index in [-0.39, 0.29) is 30.4 Å². The first-order chi connectivity index (χ1) is 16.8. The zero-order valence-electron chi connectivity index (χ0n) is 20.4. The van der Waals surface area contributed by atoms with Crippen LogP contribution in [0.3, 0.4) is 0 Å².